The van der Waals surface area contributed by atoms with Crippen LogP contribution in [-0.4, -0.2) is 55.5 Å². The SMILES string of the molecule is Cc1cnc(N[C@H]2CC[C@@H](NC(=O)c3cccnc3S(=O)(=O)c3ccc(F)cc3)CC2)nc1N(C)C. The quantitative estimate of drug-likeness (QED) is 0.463. The van der Waals surface area contributed by atoms with Gasteiger partial charge in [-0.15, -0.1) is 0 Å². The lowest BCUT2D eigenvalue weighted by Crippen LogP contribution is -2.40. The second-order valence-electron chi connectivity index (χ2n) is 9.07. The predicted molar refractivity (Wildman–Crippen MR) is 134 cm³/mol. The van der Waals surface area contributed by atoms with Gasteiger partial charge in [-0.2, -0.15) is 4.98 Å². The summed E-state index contributed by atoms with van der Waals surface area (Å²) < 4.78 is 39.4. The number of carbonyl (C=O) groups excluding carboxylic acids is 1. The molecular formula is C25H29FN6O3S. The Morgan fingerprint density at radius 1 is 1.03 bits per heavy atom. The van der Waals surface area contributed by atoms with Gasteiger partial charge in [0.2, 0.25) is 15.8 Å². The van der Waals surface area contributed by atoms with Crippen molar-refractivity contribution < 1.29 is 17.6 Å². The van der Waals surface area contributed by atoms with Crippen molar-refractivity contribution in [3.05, 3.63) is 65.7 Å². The molecule has 4 rings (SSSR count). The first-order chi connectivity index (χ1) is 17.1. The van der Waals surface area contributed by atoms with Crippen LogP contribution >= 0.6 is 0 Å². The normalized spacial score (nSPS) is 17.9. The number of amides is 1. The number of sulfone groups is 1. The molecule has 0 spiro atoms. The first-order valence-corrected chi connectivity index (χ1v) is 13.2. The fourth-order valence-electron chi connectivity index (χ4n) is 4.29. The number of nitrogens with one attached hydrogen (secondary N) is 2. The second-order valence-corrected chi connectivity index (χ2v) is 10.9. The van der Waals surface area contributed by atoms with Gasteiger partial charge < -0.3 is 15.5 Å². The van der Waals surface area contributed by atoms with Crippen molar-refractivity contribution in [1.82, 2.24) is 20.3 Å². The highest BCUT2D eigenvalue weighted by Gasteiger charge is 2.28. The van der Waals surface area contributed by atoms with E-state index >= 15 is 0 Å². The van der Waals surface area contributed by atoms with E-state index in [4.69, 9.17) is 0 Å². The number of halogens is 1. The van der Waals surface area contributed by atoms with E-state index in [0.29, 0.717) is 5.95 Å². The molecule has 1 saturated carbocycles. The third-order valence-corrected chi connectivity index (χ3v) is 7.89. The monoisotopic (exact) mass is 512 g/mol. The molecule has 0 unspecified atom stereocenters. The van der Waals surface area contributed by atoms with Crippen LogP contribution in [0, 0.1) is 12.7 Å². The highest BCUT2D eigenvalue weighted by molar-refractivity contribution is 7.91. The van der Waals surface area contributed by atoms with Gasteiger partial charge in [0.05, 0.1) is 10.5 Å². The lowest BCUT2D eigenvalue weighted by atomic mass is 9.91. The zero-order valence-electron chi connectivity index (χ0n) is 20.4. The largest absolute Gasteiger partial charge is 0.362 e. The van der Waals surface area contributed by atoms with Crippen LogP contribution < -0.4 is 15.5 Å². The van der Waals surface area contributed by atoms with Crippen LogP contribution in [0.25, 0.3) is 0 Å². The van der Waals surface area contributed by atoms with Crippen molar-refractivity contribution in [3.8, 4) is 0 Å². The van der Waals surface area contributed by atoms with E-state index in [1.165, 1.54) is 18.3 Å². The maximum absolute atomic E-state index is 13.3. The Balaban J connectivity index is 1.40. The lowest BCUT2D eigenvalue weighted by molar-refractivity contribution is 0.0922. The Morgan fingerprint density at radius 2 is 1.69 bits per heavy atom. The van der Waals surface area contributed by atoms with Crippen molar-refractivity contribution >= 4 is 27.5 Å². The molecule has 11 heteroatoms. The summed E-state index contributed by atoms with van der Waals surface area (Å²) in [6.45, 7) is 1.96. The first kappa shape index (κ1) is 25.5. The molecule has 2 heterocycles. The highest BCUT2D eigenvalue weighted by Crippen LogP contribution is 2.25. The number of carbonyl (C=O) groups is 1. The first-order valence-electron chi connectivity index (χ1n) is 11.7. The Morgan fingerprint density at radius 3 is 2.36 bits per heavy atom. The zero-order chi connectivity index (χ0) is 25.9. The number of anilines is 2. The van der Waals surface area contributed by atoms with Gasteiger partial charge in [-0.3, -0.25) is 4.79 Å². The number of benzene rings is 1. The number of aromatic nitrogens is 3. The Bertz CT molecular complexity index is 1340. The van der Waals surface area contributed by atoms with E-state index in [-0.39, 0.29) is 27.6 Å². The summed E-state index contributed by atoms with van der Waals surface area (Å²) in [4.78, 5) is 27.8. The van der Waals surface area contributed by atoms with Gasteiger partial charge in [-0.05, 0) is 69.0 Å². The third-order valence-electron chi connectivity index (χ3n) is 6.16. The maximum atomic E-state index is 13.3. The van der Waals surface area contributed by atoms with Crippen LogP contribution in [0.3, 0.4) is 0 Å². The molecule has 0 radical (unpaired) electrons. The summed E-state index contributed by atoms with van der Waals surface area (Å²) in [7, 11) is -0.222. The zero-order valence-corrected chi connectivity index (χ0v) is 21.2. The van der Waals surface area contributed by atoms with Crippen LogP contribution in [-0.2, 0) is 9.84 Å². The van der Waals surface area contributed by atoms with Crippen molar-refractivity contribution in [2.24, 2.45) is 0 Å². The lowest BCUT2D eigenvalue weighted by Gasteiger charge is -2.30. The third kappa shape index (κ3) is 5.62. The van der Waals surface area contributed by atoms with E-state index in [0.717, 1.165) is 61.3 Å². The number of nitrogens with zero attached hydrogens (tertiary/aromatic N) is 4. The number of hydrogen-bond acceptors (Lipinski definition) is 8. The van der Waals surface area contributed by atoms with Crippen molar-refractivity contribution in [2.75, 3.05) is 24.3 Å². The van der Waals surface area contributed by atoms with Crippen LogP contribution in [0.2, 0.25) is 0 Å². The van der Waals surface area contributed by atoms with E-state index in [1.54, 1.807) is 6.20 Å². The number of hydrogen-bond donors (Lipinski definition) is 2. The smallest absolute Gasteiger partial charge is 0.254 e. The molecule has 9 nitrogen and oxygen atoms in total. The molecule has 0 atom stereocenters. The minimum absolute atomic E-state index is 0.0358. The van der Waals surface area contributed by atoms with Gasteiger partial charge in [0.15, 0.2) is 5.03 Å². The Kier molecular flexibility index (Phi) is 7.48. The van der Waals surface area contributed by atoms with Gasteiger partial charge in [-0.25, -0.2) is 22.8 Å². The molecule has 0 aliphatic heterocycles. The molecule has 1 aliphatic carbocycles. The minimum atomic E-state index is -4.09. The van der Waals surface area contributed by atoms with Crippen molar-refractivity contribution in [1.29, 1.82) is 0 Å². The fourth-order valence-corrected chi connectivity index (χ4v) is 5.65. The fraction of sp³-hybridized carbons (Fsp3) is 0.360. The van der Waals surface area contributed by atoms with Gasteiger partial charge in [-0.1, -0.05) is 0 Å². The molecule has 2 aromatic heterocycles. The van der Waals surface area contributed by atoms with Crippen LogP contribution in [0.4, 0.5) is 16.2 Å². The second kappa shape index (κ2) is 10.6. The molecule has 1 fully saturated rings. The summed E-state index contributed by atoms with van der Waals surface area (Å²) in [5.74, 6) is 0.377. The van der Waals surface area contributed by atoms with E-state index < -0.39 is 21.6 Å². The van der Waals surface area contributed by atoms with Crippen molar-refractivity contribution in [2.45, 2.75) is 54.6 Å². The maximum Gasteiger partial charge on any atom is 0.254 e. The van der Waals surface area contributed by atoms with E-state index in [2.05, 4.69) is 25.6 Å². The molecule has 1 amide bonds. The molecule has 1 aromatic carbocycles. The minimum Gasteiger partial charge on any atom is -0.362 e. The number of rotatable bonds is 7. The Labute approximate surface area is 210 Å². The molecular weight excluding hydrogens is 483 g/mol. The molecule has 0 bridgehead atoms. The molecule has 3 aromatic rings. The van der Waals surface area contributed by atoms with Gasteiger partial charge in [0, 0.05) is 44.1 Å². The summed E-state index contributed by atoms with van der Waals surface area (Å²) in [5, 5.41) is 5.99. The van der Waals surface area contributed by atoms with Gasteiger partial charge in [0.25, 0.3) is 5.91 Å². The van der Waals surface area contributed by atoms with Crippen molar-refractivity contribution in [3.63, 3.8) is 0 Å². The van der Waals surface area contributed by atoms with Gasteiger partial charge >= 0.3 is 0 Å². The van der Waals surface area contributed by atoms with Gasteiger partial charge in [0.1, 0.15) is 11.6 Å². The molecule has 0 saturated heterocycles. The summed E-state index contributed by atoms with van der Waals surface area (Å²) in [5.41, 5.74) is 0.958. The highest BCUT2D eigenvalue weighted by atomic mass is 32.2. The van der Waals surface area contributed by atoms with Crippen LogP contribution in [0.1, 0.15) is 41.6 Å². The van der Waals surface area contributed by atoms with E-state index in [9.17, 15) is 17.6 Å². The average molecular weight is 513 g/mol. The summed E-state index contributed by atoms with van der Waals surface area (Å²) >= 11 is 0. The molecule has 36 heavy (non-hydrogen) atoms. The summed E-state index contributed by atoms with van der Waals surface area (Å²) in [6.07, 6.45) is 6.15. The van der Waals surface area contributed by atoms with Crippen LogP contribution in [0.15, 0.2) is 58.7 Å². The van der Waals surface area contributed by atoms with Crippen LogP contribution in [0.5, 0.6) is 0 Å². The topological polar surface area (TPSA) is 117 Å². The predicted octanol–water partition coefficient (Wildman–Crippen LogP) is 3.37. The standard InChI is InChI=1S/C25H29FN6O3S/c1-16-15-28-25(31-22(16)32(2)3)30-19-10-8-18(9-11-19)29-23(33)21-5-4-14-27-24(21)36(34,35)20-12-6-17(26)7-13-20/h4-7,12-15,18-19H,8-11H2,1-3H3,(H,29,33)(H,28,30,31)/t18-,19+. The average Bonchev–Trinajstić information content (AvgIpc) is 2.86. The number of pyridine rings is 1. The number of aryl methyl sites for hydroxylation is 1. The Hall–Kier alpha value is -3.60. The molecule has 1 aliphatic rings. The summed E-state index contributed by atoms with van der Waals surface area (Å²) in [6, 6.07) is 7.46. The van der Waals surface area contributed by atoms with E-state index in [1.807, 2.05) is 25.9 Å². The molecule has 190 valence electrons. The molecule has 2 N–H and O–H groups in total.